The van der Waals surface area contributed by atoms with Crippen molar-refractivity contribution in [3.05, 3.63) is 54.1 Å². The van der Waals surface area contributed by atoms with Crippen molar-refractivity contribution in [2.24, 2.45) is 0 Å². The van der Waals surface area contributed by atoms with E-state index in [1.54, 1.807) is 13.2 Å². The van der Waals surface area contributed by atoms with Crippen LogP contribution in [0.25, 0.3) is 0 Å². The molecule has 0 bridgehead atoms. The molecule has 0 aromatic heterocycles. The Morgan fingerprint density at radius 3 is 2.78 bits per heavy atom. The van der Waals surface area contributed by atoms with Gasteiger partial charge in [0.2, 0.25) is 0 Å². The first-order valence-corrected chi connectivity index (χ1v) is 9.15. The summed E-state index contributed by atoms with van der Waals surface area (Å²) < 4.78 is 5.17. The average molecular weight is 368 g/mol. The summed E-state index contributed by atoms with van der Waals surface area (Å²) in [4.78, 5) is 28.0. The topological polar surface area (TPSA) is 63.1 Å². The first-order valence-electron chi connectivity index (χ1n) is 9.15. The maximum atomic E-state index is 12.9. The lowest BCUT2D eigenvalue weighted by Gasteiger charge is -2.25. The van der Waals surface area contributed by atoms with Gasteiger partial charge >= 0.3 is 0 Å². The second kappa shape index (κ2) is 8.22. The molecule has 6 nitrogen and oxygen atoms in total. The zero-order chi connectivity index (χ0) is 19.4. The number of nitrogens with one attached hydrogen (secondary N) is 2. The number of fused-ring (bicyclic) bond motifs is 1. The molecule has 0 radical (unpaired) electrons. The quantitative estimate of drug-likeness (QED) is 0.803. The van der Waals surface area contributed by atoms with E-state index in [-0.39, 0.29) is 24.4 Å². The first kappa shape index (κ1) is 18.9. The van der Waals surface area contributed by atoms with E-state index in [0.717, 1.165) is 17.0 Å². The number of carbonyl (C=O) groups is 2. The average Bonchev–Trinajstić information content (AvgIpc) is 3.11. The number of rotatable bonds is 6. The van der Waals surface area contributed by atoms with Gasteiger partial charge in [-0.1, -0.05) is 24.3 Å². The van der Waals surface area contributed by atoms with Crippen molar-refractivity contribution in [2.75, 3.05) is 37.5 Å². The van der Waals surface area contributed by atoms with Crippen LogP contribution in [0.5, 0.6) is 5.75 Å². The molecule has 27 heavy (non-hydrogen) atoms. The van der Waals surface area contributed by atoms with Crippen LogP contribution in [-0.2, 0) is 16.0 Å². The first-order chi connectivity index (χ1) is 13.0. The second-order valence-electron chi connectivity index (χ2n) is 6.89. The standard InChI is InChI=1S/C21H25N3O3/c1-15(21(26)24-12-11-16-7-4-5-10-19(16)24)23(2)14-20(25)22-17-8-6-9-18(13-17)27-3/h4-10,13,15H,11-12,14H2,1-3H3,(H,22,25)/p+1/t15-/m1/s1. The zero-order valence-electron chi connectivity index (χ0n) is 16.0. The number of nitrogens with zero attached hydrogens (tertiary/aromatic N) is 1. The van der Waals surface area contributed by atoms with Crippen molar-refractivity contribution in [2.45, 2.75) is 19.4 Å². The van der Waals surface area contributed by atoms with Crippen LogP contribution in [0, 0.1) is 0 Å². The highest BCUT2D eigenvalue weighted by atomic mass is 16.5. The number of hydrogen-bond donors (Lipinski definition) is 2. The maximum absolute atomic E-state index is 12.9. The van der Waals surface area contributed by atoms with E-state index in [4.69, 9.17) is 4.74 Å². The van der Waals surface area contributed by atoms with Crippen LogP contribution in [0.2, 0.25) is 0 Å². The molecule has 0 saturated heterocycles. The molecule has 2 N–H and O–H groups in total. The van der Waals surface area contributed by atoms with Crippen LogP contribution >= 0.6 is 0 Å². The number of ether oxygens (including phenoxy) is 1. The number of amides is 2. The fourth-order valence-corrected chi connectivity index (χ4v) is 3.32. The molecule has 142 valence electrons. The molecule has 2 aromatic carbocycles. The van der Waals surface area contributed by atoms with Gasteiger partial charge in [-0.2, -0.15) is 0 Å². The maximum Gasteiger partial charge on any atom is 0.284 e. The number of anilines is 2. The summed E-state index contributed by atoms with van der Waals surface area (Å²) in [5.74, 6) is 0.596. The summed E-state index contributed by atoms with van der Waals surface area (Å²) in [5.41, 5.74) is 2.87. The highest BCUT2D eigenvalue weighted by Gasteiger charge is 2.32. The third kappa shape index (κ3) is 4.28. The Morgan fingerprint density at radius 1 is 1.22 bits per heavy atom. The van der Waals surface area contributed by atoms with Crippen LogP contribution < -0.4 is 19.9 Å². The Bertz CT molecular complexity index is 837. The van der Waals surface area contributed by atoms with Crippen LogP contribution in [0.1, 0.15) is 12.5 Å². The molecular weight excluding hydrogens is 342 g/mol. The minimum Gasteiger partial charge on any atom is -0.497 e. The smallest absolute Gasteiger partial charge is 0.284 e. The number of para-hydroxylation sites is 1. The van der Waals surface area contributed by atoms with Crippen LogP contribution in [-0.4, -0.2) is 45.1 Å². The van der Waals surface area contributed by atoms with Crippen LogP contribution in [0.3, 0.4) is 0 Å². The molecule has 2 aromatic rings. The van der Waals surface area contributed by atoms with Crippen LogP contribution in [0.15, 0.2) is 48.5 Å². The van der Waals surface area contributed by atoms with E-state index in [2.05, 4.69) is 11.4 Å². The van der Waals surface area contributed by atoms with Crippen molar-refractivity contribution in [3.63, 3.8) is 0 Å². The molecule has 0 fully saturated rings. The Labute approximate surface area is 159 Å². The number of methoxy groups -OCH3 is 1. The van der Waals surface area contributed by atoms with Gasteiger partial charge in [0.05, 0.1) is 14.2 Å². The fourth-order valence-electron chi connectivity index (χ4n) is 3.32. The SMILES string of the molecule is COc1cccc(NC(=O)C[NH+](C)[C@H](C)C(=O)N2CCc3ccccc32)c1. The number of carbonyl (C=O) groups excluding carboxylic acids is 2. The van der Waals surface area contributed by atoms with E-state index in [1.165, 1.54) is 5.56 Å². The molecule has 2 amide bonds. The van der Waals surface area contributed by atoms with Crippen molar-refractivity contribution < 1.29 is 19.2 Å². The summed E-state index contributed by atoms with van der Waals surface area (Å²) in [6.07, 6.45) is 0.879. The van der Waals surface area contributed by atoms with Gasteiger partial charge in [-0.15, -0.1) is 0 Å². The fraction of sp³-hybridized carbons (Fsp3) is 0.333. The lowest BCUT2D eigenvalue weighted by atomic mass is 10.2. The van der Waals surface area contributed by atoms with Crippen molar-refractivity contribution in [1.82, 2.24) is 0 Å². The minimum atomic E-state index is -0.313. The number of likely N-dealkylation sites (N-methyl/N-ethyl adjacent to an activating group) is 1. The Balaban J connectivity index is 1.59. The minimum absolute atomic E-state index is 0.0478. The highest BCUT2D eigenvalue weighted by Crippen LogP contribution is 2.27. The summed E-state index contributed by atoms with van der Waals surface area (Å²) in [6.45, 7) is 2.78. The molecule has 0 spiro atoms. The normalized spacial score (nSPS) is 15.0. The van der Waals surface area contributed by atoms with Crippen LogP contribution in [0.4, 0.5) is 11.4 Å². The Morgan fingerprint density at radius 2 is 2.00 bits per heavy atom. The van der Waals surface area contributed by atoms with Gasteiger partial charge in [0.15, 0.2) is 12.6 Å². The van der Waals surface area contributed by atoms with E-state index >= 15 is 0 Å². The predicted octanol–water partition coefficient (Wildman–Crippen LogP) is 1.13. The summed E-state index contributed by atoms with van der Waals surface area (Å²) in [5, 5.41) is 2.86. The molecule has 1 aliphatic rings. The molecule has 0 aliphatic carbocycles. The largest absolute Gasteiger partial charge is 0.497 e. The van der Waals surface area contributed by atoms with Gasteiger partial charge in [0.1, 0.15) is 5.75 Å². The summed E-state index contributed by atoms with van der Waals surface area (Å²) in [7, 11) is 3.46. The molecule has 2 atom stereocenters. The van der Waals surface area contributed by atoms with E-state index in [1.807, 2.05) is 55.3 Å². The third-order valence-electron chi connectivity index (χ3n) is 5.06. The number of benzene rings is 2. The second-order valence-corrected chi connectivity index (χ2v) is 6.89. The van der Waals surface area contributed by atoms with Crippen molar-refractivity contribution in [1.29, 1.82) is 0 Å². The monoisotopic (exact) mass is 368 g/mol. The van der Waals surface area contributed by atoms with Gasteiger partial charge < -0.3 is 19.9 Å². The zero-order valence-corrected chi connectivity index (χ0v) is 16.0. The van der Waals surface area contributed by atoms with Gasteiger partial charge in [0, 0.05) is 24.0 Å². The van der Waals surface area contributed by atoms with E-state index in [9.17, 15) is 9.59 Å². The predicted molar refractivity (Wildman–Crippen MR) is 105 cm³/mol. The lowest BCUT2D eigenvalue weighted by Crippen LogP contribution is -3.15. The summed E-state index contributed by atoms with van der Waals surface area (Å²) >= 11 is 0. The van der Waals surface area contributed by atoms with E-state index in [0.29, 0.717) is 18.0 Å². The highest BCUT2D eigenvalue weighted by molar-refractivity contribution is 5.98. The Kier molecular flexibility index (Phi) is 5.76. The molecule has 6 heteroatoms. The number of quaternary nitrogens is 1. The molecule has 1 aliphatic heterocycles. The molecule has 0 saturated carbocycles. The molecular formula is C21H26N3O3+. The van der Waals surface area contributed by atoms with Gasteiger partial charge in [-0.3, -0.25) is 9.59 Å². The molecule has 1 heterocycles. The summed E-state index contributed by atoms with van der Waals surface area (Å²) in [6, 6.07) is 14.9. The third-order valence-corrected chi connectivity index (χ3v) is 5.06. The molecule has 3 rings (SSSR count). The molecule has 1 unspecified atom stereocenters. The lowest BCUT2D eigenvalue weighted by molar-refractivity contribution is -0.885. The van der Waals surface area contributed by atoms with Gasteiger partial charge in [-0.25, -0.2) is 0 Å². The van der Waals surface area contributed by atoms with Crippen molar-refractivity contribution in [3.8, 4) is 5.75 Å². The van der Waals surface area contributed by atoms with Gasteiger partial charge in [0.25, 0.3) is 11.8 Å². The van der Waals surface area contributed by atoms with Gasteiger partial charge in [-0.05, 0) is 37.1 Å². The Hall–Kier alpha value is -2.86. The number of hydrogen-bond acceptors (Lipinski definition) is 3. The van der Waals surface area contributed by atoms with E-state index < -0.39 is 0 Å². The van der Waals surface area contributed by atoms with Crippen molar-refractivity contribution >= 4 is 23.2 Å².